The fourth-order valence-electron chi connectivity index (χ4n) is 2.93. The lowest BCUT2D eigenvalue weighted by atomic mass is 10.2. The van der Waals surface area contributed by atoms with Crippen LogP contribution in [0.2, 0.25) is 0 Å². The third kappa shape index (κ3) is 5.57. The first-order valence-electron chi connectivity index (χ1n) is 9.76. The molecule has 0 radical (unpaired) electrons. The highest BCUT2D eigenvalue weighted by Gasteiger charge is 2.08. The van der Waals surface area contributed by atoms with Gasteiger partial charge in [0, 0.05) is 29.6 Å². The van der Waals surface area contributed by atoms with Gasteiger partial charge in [-0.2, -0.15) is 0 Å². The Kier molecular flexibility index (Phi) is 6.58. The van der Waals surface area contributed by atoms with Crippen LogP contribution in [0.1, 0.15) is 23.2 Å². The lowest BCUT2D eigenvalue weighted by molar-refractivity contribution is -0.114. The lowest BCUT2D eigenvalue weighted by Gasteiger charge is -2.08. The summed E-state index contributed by atoms with van der Waals surface area (Å²) in [4.78, 5) is 32.4. The average molecular weight is 465 g/mol. The number of carbonyl (C=O) groups is 2. The third-order valence-electron chi connectivity index (χ3n) is 4.31. The minimum absolute atomic E-state index is 0.173. The van der Waals surface area contributed by atoms with E-state index in [1.807, 2.05) is 42.6 Å². The zero-order valence-corrected chi connectivity index (χ0v) is 19.0. The smallest absolute Gasteiger partial charge is 0.248 e. The predicted octanol–water partition coefficient (Wildman–Crippen LogP) is 5.25. The number of nitrogens with zero attached hydrogens (tertiary/aromatic N) is 2. The molecule has 4 aromatic rings. The summed E-state index contributed by atoms with van der Waals surface area (Å²) < 4.78 is 6.76. The number of hydrogen-bond acceptors (Lipinski definition) is 7. The van der Waals surface area contributed by atoms with E-state index < -0.39 is 0 Å². The van der Waals surface area contributed by atoms with Crippen molar-refractivity contribution in [2.75, 3.05) is 10.6 Å². The van der Waals surface area contributed by atoms with E-state index in [2.05, 4.69) is 20.6 Å². The maximum absolute atomic E-state index is 12.4. The van der Waals surface area contributed by atoms with Crippen molar-refractivity contribution in [2.45, 2.75) is 20.5 Å². The second-order valence-electron chi connectivity index (χ2n) is 6.89. The zero-order valence-electron chi connectivity index (χ0n) is 17.4. The molecule has 2 heterocycles. The number of aromatic nitrogens is 2. The van der Waals surface area contributed by atoms with Crippen molar-refractivity contribution in [1.82, 2.24) is 9.97 Å². The number of fused-ring (bicyclic) bond motifs is 1. The number of rotatable bonds is 7. The summed E-state index contributed by atoms with van der Waals surface area (Å²) in [7, 11) is 0. The highest BCUT2D eigenvalue weighted by atomic mass is 32.1. The number of nitrogens with one attached hydrogen (secondary N) is 2. The van der Waals surface area contributed by atoms with E-state index in [-0.39, 0.29) is 11.8 Å². The van der Waals surface area contributed by atoms with Crippen LogP contribution < -0.4 is 15.4 Å². The zero-order chi connectivity index (χ0) is 22.5. The molecule has 0 aliphatic rings. The van der Waals surface area contributed by atoms with Gasteiger partial charge in [-0.15, -0.1) is 11.3 Å². The quantitative estimate of drug-likeness (QED) is 0.364. The Morgan fingerprint density at radius 2 is 1.97 bits per heavy atom. The van der Waals surface area contributed by atoms with Crippen molar-refractivity contribution in [2.24, 2.45) is 0 Å². The maximum atomic E-state index is 12.4. The molecule has 0 aliphatic heterocycles. The lowest BCUT2D eigenvalue weighted by Crippen LogP contribution is -2.07. The summed E-state index contributed by atoms with van der Waals surface area (Å²) in [5.74, 6) is 0.244. The van der Waals surface area contributed by atoms with Gasteiger partial charge in [-0.3, -0.25) is 9.59 Å². The molecule has 0 unspecified atom stereocenters. The molecule has 2 aromatic carbocycles. The molecule has 0 saturated heterocycles. The number of benzene rings is 2. The van der Waals surface area contributed by atoms with Crippen LogP contribution in [0.15, 0.2) is 53.9 Å². The molecule has 0 fully saturated rings. The Morgan fingerprint density at radius 3 is 2.75 bits per heavy atom. The SMILES string of the molecule is CC(=O)Nc1nc2ccc(NC(=O)C=Cc3ccccc3OCc3csc(C)n3)cc2s1. The molecule has 162 valence electrons. The van der Waals surface area contributed by atoms with E-state index in [0.717, 1.165) is 26.5 Å². The van der Waals surface area contributed by atoms with Gasteiger partial charge >= 0.3 is 0 Å². The number of amides is 2. The maximum Gasteiger partial charge on any atom is 0.248 e. The fraction of sp³-hybridized carbons (Fsp3) is 0.130. The number of aryl methyl sites for hydroxylation is 1. The first kappa shape index (κ1) is 21.7. The van der Waals surface area contributed by atoms with Crippen molar-refractivity contribution in [1.29, 1.82) is 0 Å². The van der Waals surface area contributed by atoms with Crippen LogP contribution in [-0.2, 0) is 16.2 Å². The van der Waals surface area contributed by atoms with E-state index in [4.69, 9.17) is 4.74 Å². The molecule has 7 nitrogen and oxygen atoms in total. The summed E-state index contributed by atoms with van der Waals surface area (Å²) in [5.41, 5.74) is 3.08. The highest BCUT2D eigenvalue weighted by molar-refractivity contribution is 7.22. The molecule has 4 rings (SSSR count). The Labute approximate surface area is 192 Å². The molecule has 0 atom stereocenters. The molecule has 2 aromatic heterocycles. The molecule has 0 spiro atoms. The molecule has 32 heavy (non-hydrogen) atoms. The summed E-state index contributed by atoms with van der Waals surface area (Å²) in [6.45, 7) is 3.77. The van der Waals surface area contributed by atoms with Gasteiger partial charge in [0.15, 0.2) is 5.13 Å². The van der Waals surface area contributed by atoms with Gasteiger partial charge in [-0.05, 0) is 37.3 Å². The third-order valence-corrected chi connectivity index (χ3v) is 6.07. The molecular formula is C23H20N4O3S2. The van der Waals surface area contributed by atoms with Crippen LogP contribution >= 0.6 is 22.7 Å². The molecule has 0 aliphatic carbocycles. The monoisotopic (exact) mass is 464 g/mol. The topological polar surface area (TPSA) is 93.2 Å². The number of thiazole rings is 2. The second-order valence-corrected chi connectivity index (χ2v) is 8.98. The van der Waals surface area contributed by atoms with Crippen LogP contribution in [0, 0.1) is 6.92 Å². The normalized spacial score (nSPS) is 11.1. The number of hydrogen-bond donors (Lipinski definition) is 2. The first-order valence-corrected chi connectivity index (χ1v) is 11.5. The summed E-state index contributed by atoms with van der Waals surface area (Å²) in [6, 6.07) is 12.9. The van der Waals surface area contributed by atoms with Crippen molar-refractivity contribution < 1.29 is 14.3 Å². The summed E-state index contributed by atoms with van der Waals surface area (Å²) >= 11 is 2.93. The first-order chi connectivity index (χ1) is 15.5. The van der Waals surface area contributed by atoms with Gasteiger partial charge in [0.25, 0.3) is 0 Å². The Morgan fingerprint density at radius 1 is 1.12 bits per heavy atom. The summed E-state index contributed by atoms with van der Waals surface area (Å²) in [6.07, 6.45) is 3.19. The minimum Gasteiger partial charge on any atom is -0.487 e. The number of ether oxygens (including phenoxy) is 1. The molecule has 0 saturated carbocycles. The Hall–Kier alpha value is -3.56. The van der Waals surface area contributed by atoms with Crippen LogP contribution in [0.25, 0.3) is 16.3 Å². The van der Waals surface area contributed by atoms with E-state index in [9.17, 15) is 9.59 Å². The van der Waals surface area contributed by atoms with Crippen molar-refractivity contribution in [3.63, 3.8) is 0 Å². The Bertz CT molecular complexity index is 1310. The van der Waals surface area contributed by atoms with E-state index in [1.54, 1.807) is 29.5 Å². The standard InChI is InChI=1S/C23H20N4O3S2/c1-14(28)24-23-27-19-9-8-17(11-21(19)32-23)26-22(29)10-7-16-5-3-4-6-20(16)30-12-18-13-31-15(2)25-18/h3-11,13H,12H2,1-2H3,(H,26,29)(H,24,27,28). The van der Waals surface area contributed by atoms with Gasteiger partial charge in [-0.25, -0.2) is 9.97 Å². The van der Waals surface area contributed by atoms with E-state index >= 15 is 0 Å². The minimum atomic E-state index is -0.263. The summed E-state index contributed by atoms with van der Waals surface area (Å²) in [5, 5.41) is 9.02. The van der Waals surface area contributed by atoms with E-state index in [0.29, 0.717) is 23.2 Å². The van der Waals surface area contributed by atoms with Gasteiger partial charge in [0.2, 0.25) is 11.8 Å². The largest absolute Gasteiger partial charge is 0.487 e. The van der Waals surface area contributed by atoms with Gasteiger partial charge in [0.05, 0.1) is 20.9 Å². The number of para-hydroxylation sites is 1. The van der Waals surface area contributed by atoms with Gasteiger partial charge in [0.1, 0.15) is 12.4 Å². The average Bonchev–Trinajstić information content (AvgIpc) is 3.35. The van der Waals surface area contributed by atoms with Crippen LogP contribution in [0.4, 0.5) is 10.8 Å². The predicted molar refractivity (Wildman–Crippen MR) is 129 cm³/mol. The van der Waals surface area contributed by atoms with Crippen molar-refractivity contribution in [3.8, 4) is 5.75 Å². The molecule has 2 amide bonds. The second kappa shape index (κ2) is 9.71. The molecular weight excluding hydrogens is 444 g/mol. The van der Waals surface area contributed by atoms with Crippen molar-refractivity contribution >= 4 is 61.6 Å². The highest BCUT2D eigenvalue weighted by Crippen LogP contribution is 2.28. The van der Waals surface area contributed by atoms with Crippen molar-refractivity contribution in [3.05, 3.63) is 70.2 Å². The van der Waals surface area contributed by atoms with Crippen LogP contribution in [0.3, 0.4) is 0 Å². The Balaban J connectivity index is 1.41. The van der Waals surface area contributed by atoms with Crippen LogP contribution in [-0.4, -0.2) is 21.8 Å². The van der Waals surface area contributed by atoms with Crippen LogP contribution in [0.5, 0.6) is 5.75 Å². The fourth-order valence-corrected chi connectivity index (χ4v) is 4.48. The number of carbonyl (C=O) groups excluding carboxylic acids is 2. The number of anilines is 2. The molecule has 0 bridgehead atoms. The molecule has 2 N–H and O–H groups in total. The van der Waals surface area contributed by atoms with Gasteiger partial charge in [-0.1, -0.05) is 29.5 Å². The van der Waals surface area contributed by atoms with E-state index in [1.165, 1.54) is 24.3 Å². The van der Waals surface area contributed by atoms with Gasteiger partial charge < -0.3 is 15.4 Å². The molecule has 9 heteroatoms.